The number of carbonyl (C=O) groups is 3. The summed E-state index contributed by atoms with van der Waals surface area (Å²) in [7, 11) is 0. The van der Waals surface area contributed by atoms with Crippen molar-refractivity contribution in [2.75, 3.05) is 18.5 Å². The molecule has 0 saturated heterocycles. The van der Waals surface area contributed by atoms with Crippen molar-refractivity contribution in [3.05, 3.63) is 81.8 Å². The number of nitrogens with one attached hydrogen (secondary N) is 2. The van der Waals surface area contributed by atoms with E-state index in [9.17, 15) is 14.4 Å². The van der Waals surface area contributed by atoms with Crippen molar-refractivity contribution < 1.29 is 28.6 Å². The van der Waals surface area contributed by atoms with Crippen molar-refractivity contribution in [2.45, 2.75) is 20.3 Å². The van der Waals surface area contributed by atoms with Gasteiger partial charge in [-0.2, -0.15) is 5.10 Å². The van der Waals surface area contributed by atoms with Gasteiger partial charge in [-0.3, -0.25) is 9.59 Å². The van der Waals surface area contributed by atoms with Crippen molar-refractivity contribution >= 4 is 52.9 Å². The van der Waals surface area contributed by atoms with Crippen LogP contribution >= 0.6 is 23.2 Å². The summed E-state index contributed by atoms with van der Waals surface area (Å²) in [5.41, 5.74) is 3.19. The lowest BCUT2D eigenvalue weighted by Crippen LogP contribution is -2.32. The maximum Gasteiger partial charge on any atom is 0.343 e. The minimum absolute atomic E-state index is 0.190. The van der Waals surface area contributed by atoms with Crippen LogP contribution in [0, 0.1) is 0 Å². The summed E-state index contributed by atoms with van der Waals surface area (Å²) in [4.78, 5) is 36.8. The molecule has 0 heterocycles. The molecule has 198 valence electrons. The van der Waals surface area contributed by atoms with Crippen LogP contribution in [-0.4, -0.2) is 37.2 Å². The van der Waals surface area contributed by atoms with Gasteiger partial charge in [-0.05, 0) is 79.6 Å². The van der Waals surface area contributed by atoms with E-state index in [1.807, 2.05) is 6.92 Å². The Hall–Kier alpha value is -4.08. The Kier molecular flexibility index (Phi) is 10.5. The predicted octanol–water partition coefficient (Wildman–Crippen LogP) is 5.49. The highest BCUT2D eigenvalue weighted by Gasteiger charge is 2.16. The van der Waals surface area contributed by atoms with Crippen LogP contribution in [0.25, 0.3) is 0 Å². The average Bonchev–Trinajstić information content (AvgIpc) is 2.91. The highest BCUT2D eigenvalue weighted by atomic mass is 35.5. The fourth-order valence-corrected chi connectivity index (χ4v) is 3.35. The van der Waals surface area contributed by atoms with Gasteiger partial charge in [0.15, 0.2) is 11.5 Å². The molecule has 0 bridgehead atoms. The molecule has 0 aliphatic rings. The first kappa shape index (κ1) is 28.5. The van der Waals surface area contributed by atoms with Crippen molar-refractivity contribution in [2.24, 2.45) is 5.10 Å². The van der Waals surface area contributed by atoms with Crippen LogP contribution in [0.15, 0.2) is 65.8 Å². The van der Waals surface area contributed by atoms with E-state index in [-0.39, 0.29) is 16.5 Å². The summed E-state index contributed by atoms with van der Waals surface area (Å²) in [6, 6.07) is 15.8. The van der Waals surface area contributed by atoms with Gasteiger partial charge in [0.1, 0.15) is 5.75 Å². The first-order valence-electron chi connectivity index (χ1n) is 11.6. The van der Waals surface area contributed by atoms with Gasteiger partial charge in [0.2, 0.25) is 0 Å². The summed E-state index contributed by atoms with van der Waals surface area (Å²) in [6.07, 6.45) is 2.19. The normalized spacial score (nSPS) is 10.6. The topological polar surface area (TPSA) is 115 Å². The number of esters is 1. The minimum Gasteiger partial charge on any atom is -0.494 e. The number of hydrogen-bond donors (Lipinski definition) is 2. The van der Waals surface area contributed by atoms with Gasteiger partial charge in [0.25, 0.3) is 0 Å². The number of halogens is 2. The molecule has 0 saturated carbocycles. The fourth-order valence-electron chi connectivity index (χ4n) is 3.01. The second-order valence-electron chi connectivity index (χ2n) is 7.68. The Morgan fingerprint density at radius 1 is 0.895 bits per heavy atom. The molecular weight excluding hydrogens is 533 g/mol. The number of anilines is 1. The zero-order valence-corrected chi connectivity index (χ0v) is 22.1. The molecule has 0 atom stereocenters. The van der Waals surface area contributed by atoms with Gasteiger partial charge >= 0.3 is 17.8 Å². The summed E-state index contributed by atoms with van der Waals surface area (Å²) in [5.74, 6) is -1.38. The van der Waals surface area contributed by atoms with Crippen LogP contribution in [0.3, 0.4) is 0 Å². The van der Waals surface area contributed by atoms with Crippen molar-refractivity contribution in [1.82, 2.24) is 5.43 Å². The maximum atomic E-state index is 12.6. The molecular formula is C27H25Cl2N3O6. The van der Waals surface area contributed by atoms with E-state index in [0.717, 1.165) is 6.42 Å². The zero-order chi connectivity index (χ0) is 27.5. The first-order chi connectivity index (χ1) is 18.3. The number of amides is 2. The summed E-state index contributed by atoms with van der Waals surface area (Å²) in [5, 5.41) is 6.72. The van der Waals surface area contributed by atoms with Crippen molar-refractivity contribution in [3.63, 3.8) is 0 Å². The Labute approximate surface area is 229 Å². The van der Waals surface area contributed by atoms with Gasteiger partial charge in [0.05, 0.1) is 35.7 Å². The third-order valence-corrected chi connectivity index (χ3v) is 5.36. The fraction of sp³-hybridized carbons (Fsp3) is 0.185. The molecule has 3 aromatic carbocycles. The smallest absolute Gasteiger partial charge is 0.343 e. The molecule has 0 aliphatic carbocycles. The average molecular weight is 558 g/mol. The lowest BCUT2D eigenvalue weighted by molar-refractivity contribution is -0.136. The van der Waals surface area contributed by atoms with E-state index in [4.69, 9.17) is 37.4 Å². The lowest BCUT2D eigenvalue weighted by Gasteiger charge is -2.12. The molecule has 0 radical (unpaired) electrons. The standard InChI is InChI=1S/C27H25Cl2N3O6/c1-3-13-37-20-9-6-18(7-10-20)27(35)38-23-12-5-17(14-24(23)36-4-2)16-30-32-26(34)25(33)31-22-15-19(28)8-11-21(22)29/h5-12,14-16H,3-4,13H2,1-2H3,(H,31,33)(H,32,34)/b30-16-. The number of carbonyl (C=O) groups excluding carboxylic acids is 3. The number of hydrogen-bond acceptors (Lipinski definition) is 7. The molecule has 11 heteroatoms. The predicted molar refractivity (Wildman–Crippen MR) is 146 cm³/mol. The summed E-state index contributed by atoms with van der Waals surface area (Å²) < 4.78 is 16.6. The SMILES string of the molecule is CCCOc1ccc(C(=O)Oc2ccc(/C=N\NC(=O)C(=O)Nc3cc(Cl)ccc3Cl)cc2OCC)cc1. The zero-order valence-electron chi connectivity index (χ0n) is 20.6. The maximum absolute atomic E-state index is 12.6. The van der Waals surface area contributed by atoms with Gasteiger partial charge in [-0.15, -0.1) is 0 Å². The lowest BCUT2D eigenvalue weighted by atomic mass is 10.2. The van der Waals surface area contributed by atoms with Gasteiger partial charge < -0.3 is 19.5 Å². The molecule has 0 aliphatic heterocycles. The molecule has 0 unspecified atom stereocenters. The molecule has 0 spiro atoms. The molecule has 2 N–H and O–H groups in total. The summed E-state index contributed by atoms with van der Waals surface area (Å²) in [6.45, 7) is 4.70. The van der Waals surface area contributed by atoms with E-state index in [1.165, 1.54) is 18.3 Å². The quantitative estimate of drug-likeness (QED) is 0.112. The van der Waals surface area contributed by atoms with E-state index in [2.05, 4.69) is 15.8 Å². The van der Waals surface area contributed by atoms with Crippen LogP contribution in [-0.2, 0) is 9.59 Å². The second kappa shape index (κ2) is 14.0. The van der Waals surface area contributed by atoms with Gasteiger partial charge in [-0.25, -0.2) is 10.2 Å². The number of nitrogens with zero attached hydrogens (tertiary/aromatic N) is 1. The summed E-state index contributed by atoms with van der Waals surface area (Å²) >= 11 is 11.9. The highest BCUT2D eigenvalue weighted by molar-refractivity contribution is 6.42. The van der Waals surface area contributed by atoms with Crippen molar-refractivity contribution in [1.29, 1.82) is 0 Å². The third kappa shape index (κ3) is 8.22. The van der Waals surface area contributed by atoms with Gasteiger partial charge in [-0.1, -0.05) is 30.1 Å². The van der Waals surface area contributed by atoms with Crippen LogP contribution in [0.2, 0.25) is 10.0 Å². The van der Waals surface area contributed by atoms with Crippen LogP contribution in [0.4, 0.5) is 5.69 Å². The Bertz CT molecular complexity index is 1330. The third-order valence-electron chi connectivity index (χ3n) is 4.80. The molecule has 3 aromatic rings. The van der Waals surface area contributed by atoms with Crippen LogP contribution in [0.5, 0.6) is 17.2 Å². The van der Waals surface area contributed by atoms with E-state index in [1.54, 1.807) is 55.5 Å². The molecule has 38 heavy (non-hydrogen) atoms. The van der Waals surface area contributed by atoms with Crippen LogP contribution in [0.1, 0.15) is 36.2 Å². The highest BCUT2D eigenvalue weighted by Crippen LogP contribution is 2.29. The molecule has 0 fully saturated rings. The number of rotatable bonds is 10. The number of hydrazone groups is 1. The number of benzene rings is 3. The molecule has 0 aromatic heterocycles. The Morgan fingerprint density at radius 2 is 1.66 bits per heavy atom. The molecule has 9 nitrogen and oxygen atoms in total. The first-order valence-corrected chi connectivity index (χ1v) is 12.4. The van der Waals surface area contributed by atoms with E-state index >= 15 is 0 Å². The number of ether oxygens (including phenoxy) is 3. The van der Waals surface area contributed by atoms with E-state index < -0.39 is 17.8 Å². The monoisotopic (exact) mass is 557 g/mol. The Morgan fingerprint density at radius 3 is 2.37 bits per heavy atom. The minimum atomic E-state index is -1.01. The molecule has 2 amide bonds. The van der Waals surface area contributed by atoms with Crippen molar-refractivity contribution in [3.8, 4) is 17.2 Å². The van der Waals surface area contributed by atoms with Crippen LogP contribution < -0.4 is 25.0 Å². The largest absolute Gasteiger partial charge is 0.494 e. The molecule has 3 rings (SSSR count). The second-order valence-corrected chi connectivity index (χ2v) is 8.52. The Balaban J connectivity index is 1.62. The van der Waals surface area contributed by atoms with Gasteiger partial charge in [0, 0.05) is 5.02 Å². The van der Waals surface area contributed by atoms with E-state index in [0.29, 0.717) is 40.9 Å².